The Balaban J connectivity index is 1.74. The van der Waals surface area contributed by atoms with E-state index in [-0.39, 0.29) is 11.9 Å². The van der Waals surface area contributed by atoms with Crippen LogP contribution in [0.4, 0.5) is 11.8 Å². The second kappa shape index (κ2) is 6.72. The number of carbonyl (C=O) groups excluding carboxylic acids is 1. The summed E-state index contributed by atoms with van der Waals surface area (Å²) < 4.78 is 2.68. The minimum absolute atomic E-state index is 0.181. The van der Waals surface area contributed by atoms with E-state index in [4.69, 9.17) is 0 Å². The van der Waals surface area contributed by atoms with Gasteiger partial charge in [-0.05, 0) is 23.8 Å². The molecule has 2 atom stereocenters. The first kappa shape index (κ1) is 16.5. The number of halogens is 1. The van der Waals surface area contributed by atoms with Gasteiger partial charge in [-0.3, -0.25) is 0 Å². The van der Waals surface area contributed by atoms with Gasteiger partial charge in [0, 0.05) is 16.2 Å². The molecule has 2 unspecified atom stereocenters. The summed E-state index contributed by atoms with van der Waals surface area (Å²) in [5, 5.41) is 10.3. The van der Waals surface area contributed by atoms with Crippen molar-refractivity contribution in [2.45, 2.75) is 6.04 Å². The van der Waals surface area contributed by atoms with E-state index < -0.39 is 5.92 Å². The van der Waals surface area contributed by atoms with Crippen LogP contribution in [0.15, 0.2) is 71.7 Å². The molecule has 7 nitrogen and oxygen atoms in total. The van der Waals surface area contributed by atoms with Crippen LogP contribution >= 0.6 is 15.9 Å². The molecule has 1 amide bonds. The van der Waals surface area contributed by atoms with Crippen LogP contribution in [0.1, 0.15) is 11.6 Å². The fourth-order valence-corrected chi connectivity index (χ4v) is 3.34. The van der Waals surface area contributed by atoms with Gasteiger partial charge in [0.15, 0.2) is 0 Å². The van der Waals surface area contributed by atoms with Gasteiger partial charge < -0.3 is 5.32 Å². The highest BCUT2D eigenvalue weighted by Gasteiger charge is 2.41. The Morgan fingerprint density at radius 2 is 2.08 bits per heavy atom. The number of hydrogen-bond donors (Lipinski definition) is 2. The van der Waals surface area contributed by atoms with Crippen LogP contribution in [0, 0.1) is 5.92 Å². The standard InChI is InChI=1S/C18H15BrN6O/c1-11-15(17(26)24-14-4-2-3-9-20-14)16(12-5-7-13(19)8-6-12)25-18(23-11)21-10-22-25/h2-10,15-16H,1H2,(H,20,24,26)(H,21,22,23)/p+1. The Kier molecular flexibility index (Phi) is 4.26. The third-order valence-electron chi connectivity index (χ3n) is 4.26. The summed E-state index contributed by atoms with van der Waals surface area (Å²) in [4.78, 5) is 20.3. The average Bonchev–Trinajstić information content (AvgIpc) is 3.10. The first-order valence-electron chi connectivity index (χ1n) is 8.02. The molecule has 0 bridgehead atoms. The SMILES string of the molecule is C=C1Nc2ncnn2C(c2ccc(Br)cc2)C1C(=O)Nc1cccc[nH+]1. The number of aromatic amines is 1. The minimum atomic E-state index is -0.556. The lowest BCUT2D eigenvalue weighted by molar-refractivity contribution is -0.360. The molecule has 2 aromatic heterocycles. The van der Waals surface area contributed by atoms with Gasteiger partial charge in [0.25, 0.3) is 5.82 Å². The normalized spacial score (nSPS) is 18.7. The smallest absolute Gasteiger partial charge is 0.319 e. The maximum absolute atomic E-state index is 13.1. The zero-order valence-corrected chi connectivity index (χ0v) is 15.3. The highest BCUT2D eigenvalue weighted by Crippen LogP contribution is 2.37. The minimum Gasteiger partial charge on any atom is -0.328 e. The molecular formula is C18H16BrN6O+. The van der Waals surface area contributed by atoms with Crippen LogP contribution in [0.2, 0.25) is 0 Å². The Hall–Kier alpha value is -3.00. The van der Waals surface area contributed by atoms with Crippen molar-refractivity contribution in [1.82, 2.24) is 14.8 Å². The summed E-state index contributed by atoms with van der Waals surface area (Å²) in [6.45, 7) is 4.06. The van der Waals surface area contributed by atoms with Crippen LogP contribution in [-0.2, 0) is 4.79 Å². The lowest BCUT2D eigenvalue weighted by atomic mass is 9.88. The Labute approximate surface area is 158 Å². The molecular weight excluding hydrogens is 396 g/mol. The van der Waals surface area contributed by atoms with Crippen molar-refractivity contribution < 1.29 is 9.78 Å². The van der Waals surface area contributed by atoms with Crippen molar-refractivity contribution in [3.63, 3.8) is 0 Å². The molecule has 4 rings (SSSR count). The summed E-state index contributed by atoms with van der Waals surface area (Å²) in [5.74, 6) is 0.445. The largest absolute Gasteiger partial charge is 0.328 e. The predicted octanol–water partition coefficient (Wildman–Crippen LogP) is 2.64. The highest BCUT2D eigenvalue weighted by molar-refractivity contribution is 9.10. The first-order valence-corrected chi connectivity index (χ1v) is 8.81. The zero-order chi connectivity index (χ0) is 18.1. The first-order chi connectivity index (χ1) is 12.6. The van der Waals surface area contributed by atoms with E-state index in [0.717, 1.165) is 10.0 Å². The van der Waals surface area contributed by atoms with Crippen molar-refractivity contribution >= 4 is 33.6 Å². The third kappa shape index (κ3) is 2.99. The van der Waals surface area contributed by atoms with Crippen molar-refractivity contribution in [2.24, 2.45) is 5.92 Å². The number of aromatic nitrogens is 4. The second-order valence-corrected chi connectivity index (χ2v) is 6.83. The quantitative estimate of drug-likeness (QED) is 0.693. The Morgan fingerprint density at radius 3 is 2.81 bits per heavy atom. The molecule has 8 heteroatoms. The maximum Gasteiger partial charge on any atom is 0.319 e. The number of fused-ring (bicyclic) bond motifs is 1. The zero-order valence-electron chi connectivity index (χ0n) is 13.7. The molecule has 130 valence electrons. The van der Waals surface area contributed by atoms with Crippen LogP contribution in [0.25, 0.3) is 0 Å². The third-order valence-corrected chi connectivity index (χ3v) is 4.79. The molecule has 1 aliphatic rings. The van der Waals surface area contributed by atoms with Gasteiger partial charge in [-0.2, -0.15) is 10.1 Å². The summed E-state index contributed by atoms with van der Waals surface area (Å²) >= 11 is 3.45. The van der Waals surface area contributed by atoms with Crippen LogP contribution in [-0.4, -0.2) is 20.7 Å². The van der Waals surface area contributed by atoms with Gasteiger partial charge in [-0.1, -0.05) is 40.7 Å². The fraction of sp³-hybridized carbons (Fsp3) is 0.111. The topological polar surface area (TPSA) is 86.0 Å². The lowest BCUT2D eigenvalue weighted by Crippen LogP contribution is -2.40. The van der Waals surface area contributed by atoms with E-state index in [2.05, 4.69) is 48.2 Å². The number of carbonyl (C=O) groups is 1. The van der Waals surface area contributed by atoms with Gasteiger partial charge in [0.1, 0.15) is 18.3 Å². The molecule has 1 aromatic carbocycles. The monoisotopic (exact) mass is 411 g/mol. The maximum atomic E-state index is 13.1. The van der Waals surface area contributed by atoms with Crippen molar-refractivity contribution in [3.05, 3.63) is 77.3 Å². The number of H-pyrrole nitrogens is 1. The number of benzene rings is 1. The molecule has 0 aliphatic carbocycles. The van der Waals surface area contributed by atoms with Gasteiger partial charge in [0.2, 0.25) is 5.95 Å². The number of nitrogens with zero attached hydrogens (tertiary/aromatic N) is 3. The molecule has 0 radical (unpaired) electrons. The summed E-state index contributed by atoms with van der Waals surface area (Å²) in [5.41, 5.74) is 1.52. The van der Waals surface area contributed by atoms with Gasteiger partial charge >= 0.3 is 5.91 Å². The Bertz CT molecular complexity index is 953. The van der Waals surface area contributed by atoms with E-state index in [1.165, 1.54) is 6.33 Å². The predicted molar refractivity (Wildman–Crippen MR) is 100 cm³/mol. The number of amides is 1. The fourth-order valence-electron chi connectivity index (χ4n) is 3.07. The van der Waals surface area contributed by atoms with Crippen LogP contribution in [0.5, 0.6) is 0 Å². The number of anilines is 2. The van der Waals surface area contributed by atoms with Gasteiger partial charge in [-0.25, -0.2) is 19.8 Å². The lowest BCUT2D eigenvalue weighted by Gasteiger charge is -2.32. The van der Waals surface area contributed by atoms with E-state index in [0.29, 0.717) is 17.5 Å². The summed E-state index contributed by atoms with van der Waals surface area (Å²) in [7, 11) is 0. The van der Waals surface area contributed by atoms with Crippen LogP contribution < -0.4 is 15.6 Å². The number of nitrogens with one attached hydrogen (secondary N) is 3. The van der Waals surface area contributed by atoms with E-state index >= 15 is 0 Å². The molecule has 26 heavy (non-hydrogen) atoms. The molecule has 0 spiro atoms. The molecule has 3 N–H and O–H groups in total. The number of rotatable bonds is 3. The molecule has 3 heterocycles. The highest BCUT2D eigenvalue weighted by atomic mass is 79.9. The number of hydrogen-bond acceptors (Lipinski definition) is 4. The molecule has 0 saturated carbocycles. The Morgan fingerprint density at radius 1 is 1.27 bits per heavy atom. The van der Waals surface area contributed by atoms with Crippen molar-refractivity contribution in [3.8, 4) is 0 Å². The van der Waals surface area contributed by atoms with E-state index in [1.54, 1.807) is 16.9 Å². The van der Waals surface area contributed by atoms with E-state index in [9.17, 15) is 4.79 Å². The summed E-state index contributed by atoms with van der Waals surface area (Å²) in [6.07, 6.45) is 3.22. The van der Waals surface area contributed by atoms with Gasteiger partial charge in [-0.15, -0.1) is 0 Å². The molecule has 3 aromatic rings. The van der Waals surface area contributed by atoms with Crippen molar-refractivity contribution in [2.75, 3.05) is 10.6 Å². The van der Waals surface area contributed by atoms with E-state index in [1.807, 2.05) is 36.4 Å². The van der Waals surface area contributed by atoms with Crippen molar-refractivity contribution in [1.29, 1.82) is 0 Å². The average molecular weight is 412 g/mol. The number of pyridine rings is 1. The second-order valence-electron chi connectivity index (χ2n) is 5.92. The molecule has 0 saturated heterocycles. The summed E-state index contributed by atoms with van der Waals surface area (Å²) in [6, 6.07) is 13.0. The van der Waals surface area contributed by atoms with Gasteiger partial charge in [0.05, 0.1) is 6.20 Å². The molecule has 1 aliphatic heterocycles. The molecule has 0 fully saturated rings. The van der Waals surface area contributed by atoms with Crippen LogP contribution in [0.3, 0.4) is 0 Å².